The number of nitrogens with zero attached hydrogens (tertiary/aromatic N) is 2. The van der Waals surface area contributed by atoms with Gasteiger partial charge in [-0.2, -0.15) is 0 Å². The summed E-state index contributed by atoms with van der Waals surface area (Å²) in [5, 5.41) is 1.79. The molecule has 0 spiro atoms. The van der Waals surface area contributed by atoms with Crippen molar-refractivity contribution in [2.45, 2.75) is 71.8 Å². The molecule has 3 aromatic rings. The van der Waals surface area contributed by atoms with Crippen LogP contribution in [0, 0.1) is 12.8 Å². The summed E-state index contributed by atoms with van der Waals surface area (Å²) in [7, 11) is 0. The Morgan fingerprint density at radius 2 is 1.92 bits per heavy atom. The van der Waals surface area contributed by atoms with E-state index in [-0.39, 0.29) is 5.78 Å². The zero-order valence-electron chi connectivity index (χ0n) is 22.0. The van der Waals surface area contributed by atoms with Gasteiger partial charge in [-0.25, -0.2) is 0 Å². The number of benzene rings is 2. The minimum Gasteiger partial charge on any atom is -0.463 e. The largest absolute Gasteiger partial charge is 0.463 e. The van der Waals surface area contributed by atoms with Crippen LogP contribution in [-0.2, 0) is 6.54 Å². The lowest BCUT2D eigenvalue weighted by Gasteiger charge is -2.18. The zero-order valence-corrected chi connectivity index (χ0v) is 24.4. The van der Waals surface area contributed by atoms with Crippen molar-refractivity contribution in [3.63, 3.8) is 0 Å². The Bertz CT molecular complexity index is 1220. The van der Waals surface area contributed by atoms with Crippen molar-refractivity contribution in [3.8, 4) is 5.75 Å². The maximum atomic E-state index is 12.7. The van der Waals surface area contributed by atoms with Crippen LogP contribution in [0.3, 0.4) is 0 Å². The Hall–Kier alpha value is -2.24. The third-order valence-electron chi connectivity index (χ3n) is 7.56. The number of Topliss-reactive ketones (excluding diaryl/α,β-unsaturated/α-hetero) is 1. The normalized spacial score (nSPS) is 16.4. The lowest BCUT2D eigenvalue weighted by atomic mass is 9.94. The van der Waals surface area contributed by atoms with Gasteiger partial charge in [-0.3, -0.25) is 4.79 Å². The number of carbonyl (C=O) groups excluding carboxylic acids is 1. The van der Waals surface area contributed by atoms with E-state index in [0.29, 0.717) is 11.4 Å². The number of likely N-dealkylation sites (tertiary alicyclic amines) is 1. The van der Waals surface area contributed by atoms with Crippen LogP contribution in [0.2, 0.25) is 5.02 Å². The van der Waals surface area contributed by atoms with Gasteiger partial charge in [0.2, 0.25) is 0 Å². The molecule has 0 aliphatic carbocycles. The molecule has 1 aliphatic rings. The fourth-order valence-corrected chi connectivity index (χ4v) is 6.22. The minimum atomic E-state index is 0.230. The lowest BCUT2D eigenvalue weighted by molar-refractivity contribution is 0.0989. The molecule has 1 fully saturated rings. The first kappa shape index (κ1) is 27.8. The summed E-state index contributed by atoms with van der Waals surface area (Å²) in [5.74, 6) is 1.83. The first-order valence-corrected chi connectivity index (χ1v) is 14.8. The summed E-state index contributed by atoms with van der Waals surface area (Å²) in [4.78, 5) is 15.0. The van der Waals surface area contributed by atoms with Gasteiger partial charge in [0, 0.05) is 58.4 Å². The molecule has 198 valence electrons. The van der Waals surface area contributed by atoms with E-state index in [4.69, 9.17) is 16.3 Å². The topological polar surface area (TPSA) is 34.5 Å². The molecule has 0 saturated carbocycles. The molecule has 37 heavy (non-hydrogen) atoms. The molecule has 1 aliphatic heterocycles. The summed E-state index contributed by atoms with van der Waals surface area (Å²) in [6.07, 6.45) is 13.1. The molecule has 6 heteroatoms. The van der Waals surface area contributed by atoms with Gasteiger partial charge in [0.05, 0.1) is 5.52 Å². The zero-order chi connectivity index (χ0) is 26.2. The number of ether oxygens (including phenoxy) is 1. The van der Waals surface area contributed by atoms with Gasteiger partial charge in [0.15, 0.2) is 5.78 Å². The Morgan fingerprint density at radius 1 is 1.11 bits per heavy atom. The predicted molar refractivity (Wildman–Crippen MR) is 158 cm³/mol. The van der Waals surface area contributed by atoms with Crippen molar-refractivity contribution in [3.05, 3.63) is 75.7 Å². The minimum absolute atomic E-state index is 0.230. The van der Waals surface area contributed by atoms with Gasteiger partial charge in [-0.15, -0.1) is 0 Å². The number of aromatic nitrogens is 1. The molecule has 1 atom stereocenters. The van der Waals surface area contributed by atoms with Crippen molar-refractivity contribution >= 4 is 44.2 Å². The van der Waals surface area contributed by atoms with Crippen LogP contribution in [0.5, 0.6) is 5.75 Å². The van der Waals surface area contributed by atoms with Gasteiger partial charge < -0.3 is 14.2 Å². The number of ketones is 1. The maximum absolute atomic E-state index is 12.7. The van der Waals surface area contributed by atoms with Crippen LogP contribution in [0.25, 0.3) is 10.9 Å². The number of hydrogen-bond donors (Lipinski definition) is 0. The SMILES string of the molecule is CCC(=O)c1c(C)n(CCCCC[C@H]2CCCN(/C=C/Oc3ccc(Cl)cc3)CC2)c2c(Br)cccc12. The number of unbranched alkanes of at least 4 members (excludes halogenated alkanes) is 2. The average molecular weight is 586 g/mol. The summed E-state index contributed by atoms with van der Waals surface area (Å²) >= 11 is 9.66. The molecule has 4 rings (SSSR count). The summed E-state index contributed by atoms with van der Waals surface area (Å²) in [6, 6.07) is 13.6. The Kier molecular flexibility index (Phi) is 10.2. The number of fused-ring (bicyclic) bond motifs is 1. The van der Waals surface area contributed by atoms with Crippen LogP contribution in [-0.4, -0.2) is 28.3 Å². The van der Waals surface area contributed by atoms with E-state index in [2.05, 4.69) is 50.7 Å². The van der Waals surface area contributed by atoms with E-state index in [1.807, 2.05) is 37.3 Å². The van der Waals surface area contributed by atoms with E-state index in [1.54, 1.807) is 6.26 Å². The van der Waals surface area contributed by atoms with Gasteiger partial charge in [0.1, 0.15) is 12.0 Å². The average Bonchev–Trinajstić information content (AvgIpc) is 3.02. The molecule has 0 radical (unpaired) electrons. The van der Waals surface area contributed by atoms with E-state index < -0.39 is 0 Å². The van der Waals surface area contributed by atoms with Crippen LogP contribution in [0.15, 0.2) is 59.4 Å². The highest BCUT2D eigenvalue weighted by Gasteiger charge is 2.20. The summed E-state index contributed by atoms with van der Waals surface area (Å²) < 4.78 is 9.14. The third-order valence-corrected chi connectivity index (χ3v) is 8.45. The Balaban J connectivity index is 1.22. The van der Waals surface area contributed by atoms with E-state index in [0.717, 1.165) is 64.4 Å². The monoisotopic (exact) mass is 584 g/mol. The molecule has 0 amide bonds. The smallest absolute Gasteiger partial charge is 0.165 e. The van der Waals surface area contributed by atoms with Crippen molar-refractivity contribution in [1.29, 1.82) is 0 Å². The molecule has 4 nitrogen and oxygen atoms in total. The summed E-state index contributed by atoms with van der Waals surface area (Å²) in [6.45, 7) is 7.17. The van der Waals surface area contributed by atoms with Crippen molar-refractivity contribution < 1.29 is 9.53 Å². The molecular formula is C31H38BrClN2O2. The van der Waals surface area contributed by atoms with Gasteiger partial charge in [-0.1, -0.05) is 49.9 Å². The quantitative estimate of drug-likeness (QED) is 0.128. The fourth-order valence-electron chi connectivity index (χ4n) is 5.51. The number of hydrogen-bond acceptors (Lipinski definition) is 3. The highest BCUT2D eigenvalue weighted by atomic mass is 79.9. The molecule has 0 unspecified atom stereocenters. The summed E-state index contributed by atoms with van der Waals surface area (Å²) in [5.41, 5.74) is 3.16. The van der Waals surface area contributed by atoms with E-state index in [9.17, 15) is 4.79 Å². The van der Waals surface area contributed by atoms with Crippen molar-refractivity contribution in [2.75, 3.05) is 13.1 Å². The number of carbonyl (C=O) groups is 1. The predicted octanol–water partition coefficient (Wildman–Crippen LogP) is 9.17. The van der Waals surface area contributed by atoms with Crippen LogP contribution < -0.4 is 4.74 Å². The second-order valence-corrected chi connectivity index (χ2v) is 11.4. The van der Waals surface area contributed by atoms with E-state index in [1.165, 1.54) is 38.5 Å². The van der Waals surface area contributed by atoms with Crippen LogP contribution in [0.4, 0.5) is 0 Å². The molecular weight excluding hydrogens is 548 g/mol. The maximum Gasteiger partial charge on any atom is 0.165 e. The number of aryl methyl sites for hydroxylation is 1. The first-order valence-electron chi connectivity index (χ1n) is 13.6. The van der Waals surface area contributed by atoms with Gasteiger partial charge >= 0.3 is 0 Å². The molecule has 1 saturated heterocycles. The number of para-hydroxylation sites is 1. The highest BCUT2D eigenvalue weighted by Crippen LogP contribution is 2.33. The van der Waals surface area contributed by atoms with Crippen molar-refractivity contribution in [2.24, 2.45) is 5.92 Å². The molecule has 0 bridgehead atoms. The molecule has 1 aromatic heterocycles. The second kappa shape index (κ2) is 13.5. The highest BCUT2D eigenvalue weighted by molar-refractivity contribution is 9.10. The number of rotatable bonds is 11. The fraction of sp³-hybridized carbons (Fsp3) is 0.452. The first-order chi connectivity index (χ1) is 18.0. The standard InChI is InChI=1S/C31H38BrClN2O2/c1-3-29(36)30-23(2)35(31-27(30)11-7-12-28(31)32)19-6-4-5-9-24-10-8-18-34(20-17-24)21-22-37-26-15-13-25(33)14-16-26/h7,11-16,21-22,24H,3-6,8-10,17-20H2,1-2H3/b22-21+/t24-/m0/s1. The molecule has 0 N–H and O–H groups in total. The van der Waals surface area contributed by atoms with Crippen LogP contribution in [0.1, 0.15) is 74.3 Å². The second-order valence-electron chi connectivity index (χ2n) is 10.1. The van der Waals surface area contributed by atoms with Crippen LogP contribution >= 0.6 is 27.5 Å². The van der Waals surface area contributed by atoms with Gasteiger partial charge in [0.25, 0.3) is 0 Å². The molecule has 2 heterocycles. The number of halogens is 2. The lowest BCUT2D eigenvalue weighted by Crippen LogP contribution is -2.18. The van der Waals surface area contributed by atoms with Crippen molar-refractivity contribution in [1.82, 2.24) is 9.47 Å². The molecule has 2 aromatic carbocycles. The Labute approximate surface area is 234 Å². The third kappa shape index (κ3) is 7.20. The van der Waals surface area contributed by atoms with E-state index >= 15 is 0 Å². The Morgan fingerprint density at radius 3 is 2.70 bits per heavy atom. The van der Waals surface area contributed by atoms with Gasteiger partial charge in [-0.05, 0) is 84.8 Å².